The maximum atomic E-state index is 9.37. The first-order valence-electron chi connectivity index (χ1n) is 5.67. The van der Waals surface area contributed by atoms with Gasteiger partial charge in [0.15, 0.2) is 0 Å². The number of aromatic nitrogens is 1. The third-order valence-electron chi connectivity index (χ3n) is 2.54. The fourth-order valence-electron chi connectivity index (χ4n) is 1.50. The molecule has 0 saturated carbocycles. The van der Waals surface area contributed by atoms with Crippen LogP contribution in [0.3, 0.4) is 0 Å². The lowest BCUT2D eigenvalue weighted by atomic mass is 10.2. The highest BCUT2D eigenvalue weighted by atomic mass is 35.5. The number of hydrogen-bond donors (Lipinski definition) is 1. The van der Waals surface area contributed by atoms with Crippen molar-refractivity contribution in [1.82, 2.24) is 4.98 Å². The monoisotopic (exact) mass is 279 g/mol. The van der Waals surface area contributed by atoms with Crippen LogP contribution in [0.5, 0.6) is 0 Å². The van der Waals surface area contributed by atoms with Gasteiger partial charge in [0, 0.05) is 21.9 Å². The van der Waals surface area contributed by atoms with Gasteiger partial charge in [-0.3, -0.25) is 4.98 Å². The van der Waals surface area contributed by atoms with Gasteiger partial charge in [-0.25, -0.2) is 0 Å². The van der Waals surface area contributed by atoms with Crippen molar-refractivity contribution in [2.24, 2.45) is 0 Å². The van der Waals surface area contributed by atoms with Crippen molar-refractivity contribution < 1.29 is 5.11 Å². The lowest BCUT2D eigenvalue weighted by molar-refractivity contribution is 0.194. The van der Waals surface area contributed by atoms with E-state index in [1.54, 1.807) is 24.9 Å². The Morgan fingerprint density at radius 1 is 1.28 bits per heavy atom. The van der Waals surface area contributed by atoms with Crippen LogP contribution in [-0.2, 0) is 5.75 Å². The van der Waals surface area contributed by atoms with E-state index in [1.165, 1.54) is 0 Å². The van der Waals surface area contributed by atoms with Gasteiger partial charge in [0.25, 0.3) is 0 Å². The van der Waals surface area contributed by atoms with Crippen molar-refractivity contribution in [2.45, 2.75) is 23.7 Å². The lowest BCUT2D eigenvalue weighted by Gasteiger charge is -2.06. The maximum Gasteiger partial charge on any atom is 0.0931 e. The van der Waals surface area contributed by atoms with Gasteiger partial charge in [-0.05, 0) is 30.7 Å². The van der Waals surface area contributed by atoms with Crippen LogP contribution in [0.1, 0.15) is 24.3 Å². The lowest BCUT2D eigenvalue weighted by Crippen LogP contribution is -1.94. The number of thioether (sulfide) groups is 1. The van der Waals surface area contributed by atoms with E-state index in [0.29, 0.717) is 5.69 Å². The summed E-state index contributed by atoms with van der Waals surface area (Å²) in [6.45, 7) is 1.71. The van der Waals surface area contributed by atoms with Crippen molar-refractivity contribution in [3.63, 3.8) is 0 Å². The predicted molar refractivity (Wildman–Crippen MR) is 75.9 cm³/mol. The topological polar surface area (TPSA) is 33.1 Å². The van der Waals surface area contributed by atoms with Gasteiger partial charge in [-0.1, -0.05) is 29.8 Å². The molecule has 0 aliphatic heterocycles. The zero-order valence-corrected chi connectivity index (χ0v) is 11.6. The SMILES string of the molecule is C[C@H](O)c1ccc(SCc2ccccc2Cl)cn1. The van der Waals surface area contributed by atoms with E-state index in [9.17, 15) is 5.11 Å². The minimum absolute atomic E-state index is 0.521. The average Bonchev–Trinajstić information content (AvgIpc) is 2.38. The van der Waals surface area contributed by atoms with Crippen molar-refractivity contribution in [1.29, 1.82) is 0 Å². The number of nitrogens with zero attached hydrogens (tertiary/aromatic N) is 1. The van der Waals surface area contributed by atoms with Gasteiger partial charge in [0.2, 0.25) is 0 Å². The number of halogens is 1. The highest BCUT2D eigenvalue weighted by Gasteiger charge is 2.04. The van der Waals surface area contributed by atoms with Gasteiger partial charge < -0.3 is 5.11 Å². The molecule has 18 heavy (non-hydrogen) atoms. The van der Waals surface area contributed by atoms with E-state index < -0.39 is 6.10 Å². The number of benzene rings is 1. The molecule has 1 aromatic carbocycles. The summed E-state index contributed by atoms with van der Waals surface area (Å²) >= 11 is 7.77. The molecule has 1 N–H and O–H groups in total. The molecule has 0 bridgehead atoms. The van der Waals surface area contributed by atoms with Crippen LogP contribution < -0.4 is 0 Å². The summed E-state index contributed by atoms with van der Waals surface area (Å²) in [5.41, 5.74) is 1.81. The Kier molecular flexibility index (Phi) is 4.64. The number of aliphatic hydroxyl groups excluding tert-OH is 1. The standard InChI is InChI=1S/C14H14ClNOS/c1-10(17)14-7-6-12(8-16-14)18-9-11-4-2-3-5-13(11)15/h2-8,10,17H,9H2,1H3/t10-/m0/s1. The van der Waals surface area contributed by atoms with Crippen molar-refractivity contribution in [2.75, 3.05) is 0 Å². The third kappa shape index (κ3) is 3.48. The molecule has 4 heteroatoms. The van der Waals surface area contributed by atoms with Crippen LogP contribution in [0.4, 0.5) is 0 Å². The largest absolute Gasteiger partial charge is 0.387 e. The van der Waals surface area contributed by atoms with Gasteiger partial charge >= 0.3 is 0 Å². The first-order valence-corrected chi connectivity index (χ1v) is 7.03. The summed E-state index contributed by atoms with van der Waals surface area (Å²) in [5.74, 6) is 0.815. The van der Waals surface area contributed by atoms with E-state index >= 15 is 0 Å². The molecule has 94 valence electrons. The Morgan fingerprint density at radius 3 is 2.67 bits per heavy atom. The second-order valence-corrected chi connectivity index (χ2v) is 5.43. The quantitative estimate of drug-likeness (QED) is 0.856. The van der Waals surface area contributed by atoms with Gasteiger partial charge in [0.1, 0.15) is 0 Å². The van der Waals surface area contributed by atoms with Crippen LogP contribution in [0, 0.1) is 0 Å². The minimum Gasteiger partial charge on any atom is -0.387 e. The van der Waals surface area contributed by atoms with E-state index in [0.717, 1.165) is 21.2 Å². The van der Waals surface area contributed by atoms with Gasteiger partial charge in [-0.2, -0.15) is 0 Å². The average molecular weight is 280 g/mol. The maximum absolute atomic E-state index is 9.37. The predicted octanol–water partition coefficient (Wildman–Crippen LogP) is 4.08. The van der Waals surface area contributed by atoms with Crippen LogP contribution in [0.25, 0.3) is 0 Å². The first kappa shape index (κ1) is 13.4. The van der Waals surface area contributed by atoms with E-state index in [4.69, 9.17) is 11.6 Å². The summed E-state index contributed by atoms with van der Waals surface area (Å²) in [6, 6.07) is 11.6. The van der Waals surface area contributed by atoms with Crippen LogP contribution >= 0.6 is 23.4 Å². The number of aliphatic hydroxyl groups is 1. The Morgan fingerprint density at radius 2 is 2.06 bits per heavy atom. The fourth-order valence-corrected chi connectivity index (χ4v) is 2.65. The fraction of sp³-hybridized carbons (Fsp3) is 0.214. The summed E-state index contributed by atoms with van der Waals surface area (Å²) in [5, 5.41) is 10.2. The Bertz CT molecular complexity index is 513. The van der Waals surface area contributed by atoms with E-state index in [1.807, 2.05) is 36.4 Å². The smallest absolute Gasteiger partial charge is 0.0931 e. The van der Waals surface area contributed by atoms with Crippen molar-refractivity contribution in [3.8, 4) is 0 Å². The zero-order valence-electron chi connectivity index (χ0n) is 10.0. The molecule has 0 aliphatic rings. The molecule has 2 aromatic rings. The molecule has 1 aromatic heterocycles. The molecule has 2 nitrogen and oxygen atoms in total. The second-order valence-electron chi connectivity index (χ2n) is 3.97. The summed E-state index contributed by atoms with van der Waals surface area (Å²) < 4.78 is 0. The zero-order chi connectivity index (χ0) is 13.0. The molecule has 0 saturated heterocycles. The molecule has 0 aliphatic carbocycles. The van der Waals surface area contributed by atoms with Gasteiger partial charge in [-0.15, -0.1) is 11.8 Å². The summed E-state index contributed by atoms with van der Waals surface area (Å²) in [6.07, 6.45) is 1.26. The molecular formula is C14H14ClNOS. The molecule has 0 amide bonds. The second kappa shape index (κ2) is 6.23. The summed E-state index contributed by atoms with van der Waals surface area (Å²) in [4.78, 5) is 5.28. The molecule has 1 atom stereocenters. The number of hydrogen-bond acceptors (Lipinski definition) is 3. The van der Waals surface area contributed by atoms with Crippen molar-refractivity contribution >= 4 is 23.4 Å². The van der Waals surface area contributed by atoms with Crippen LogP contribution in [-0.4, -0.2) is 10.1 Å². The first-order chi connectivity index (χ1) is 8.66. The highest BCUT2D eigenvalue weighted by molar-refractivity contribution is 7.98. The molecular weight excluding hydrogens is 266 g/mol. The molecule has 1 heterocycles. The van der Waals surface area contributed by atoms with E-state index in [-0.39, 0.29) is 0 Å². The summed E-state index contributed by atoms with van der Waals surface area (Å²) in [7, 11) is 0. The highest BCUT2D eigenvalue weighted by Crippen LogP contribution is 2.26. The normalized spacial score (nSPS) is 12.4. The molecule has 0 spiro atoms. The Hall–Kier alpha value is -1.03. The number of pyridine rings is 1. The molecule has 2 rings (SSSR count). The Balaban J connectivity index is 2.00. The molecule has 0 unspecified atom stereocenters. The minimum atomic E-state index is -0.521. The van der Waals surface area contributed by atoms with Crippen LogP contribution in [0.15, 0.2) is 47.5 Å². The number of rotatable bonds is 4. The third-order valence-corrected chi connectivity index (χ3v) is 3.94. The van der Waals surface area contributed by atoms with Gasteiger partial charge in [0.05, 0.1) is 11.8 Å². The van der Waals surface area contributed by atoms with Crippen molar-refractivity contribution in [3.05, 3.63) is 58.9 Å². The molecule has 0 radical (unpaired) electrons. The van der Waals surface area contributed by atoms with Crippen LogP contribution in [0.2, 0.25) is 5.02 Å². The van der Waals surface area contributed by atoms with E-state index in [2.05, 4.69) is 4.98 Å². The molecule has 0 fully saturated rings. The Labute approximate surface area is 116 Å².